The molecule has 8 heteroatoms. The predicted molar refractivity (Wildman–Crippen MR) is 122 cm³/mol. The monoisotopic (exact) mass is 504 g/mol. The lowest BCUT2D eigenvalue weighted by Gasteiger charge is -2.26. The summed E-state index contributed by atoms with van der Waals surface area (Å²) in [4.78, 5) is 6.90. The third kappa shape index (κ3) is 7.73. The third-order valence-corrected chi connectivity index (χ3v) is 4.88. The summed E-state index contributed by atoms with van der Waals surface area (Å²) in [6, 6.07) is 6.21. The largest absolute Gasteiger partial charge is 0.488 e. The van der Waals surface area contributed by atoms with Crippen molar-refractivity contribution < 1.29 is 14.2 Å². The van der Waals surface area contributed by atoms with Crippen LogP contribution < -0.4 is 15.8 Å². The Bertz CT molecular complexity index is 617. The van der Waals surface area contributed by atoms with Gasteiger partial charge in [-0.1, -0.05) is 12.1 Å². The van der Waals surface area contributed by atoms with Crippen molar-refractivity contribution in [1.29, 1.82) is 0 Å². The van der Waals surface area contributed by atoms with Crippen molar-refractivity contribution in [2.45, 2.75) is 32.4 Å². The fraction of sp³-hybridized carbons (Fsp3) is 0.650. The number of nitrogens with zero attached hydrogens (tertiary/aromatic N) is 2. The zero-order valence-corrected chi connectivity index (χ0v) is 19.0. The Hall–Kier alpha value is -1.10. The fourth-order valence-corrected chi connectivity index (χ4v) is 3.26. The van der Waals surface area contributed by atoms with Crippen molar-refractivity contribution in [2.24, 2.45) is 10.7 Å². The van der Waals surface area contributed by atoms with E-state index in [0.717, 1.165) is 70.2 Å². The van der Waals surface area contributed by atoms with E-state index in [1.54, 1.807) is 0 Å². The Morgan fingerprint density at radius 2 is 2.11 bits per heavy atom. The second-order valence-corrected chi connectivity index (χ2v) is 7.15. The van der Waals surface area contributed by atoms with Gasteiger partial charge in [-0.2, -0.15) is 0 Å². The number of aryl methyl sites for hydroxylation is 1. The predicted octanol–water partition coefficient (Wildman–Crippen LogP) is 1.91. The lowest BCUT2D eigenvalue weighted by molar-refractivity contribution is 0.0376. The SMILES string of the molecule is Cc1ccc(CN=C(N)NCCCN2CCOCC2)c(OC2CCOC2)c1.I. The van der Waals surface area contributed by atoms with E-state index >= 15 is 0 Å². The summed E-state index contributed by atoms with van der Waals surface area (Å²) in [6.07, 6.45) is 2.10. The van der Waals surface area contributed by atoms with Crippen molar-refractivity contribution in [2.75, 3.05) is 52.6 Å². The quantitative estimate of drug-likeness (QED) is 0.244. The number of hydrogen-bond acceptors (Lipinski definition) is 5. The van der Waals surface area contributed by atoms with Crippen molar-refractivity contribution in [3.05, 3.63) is 29.3 Å². The molecule has 1 atom stereocenters. The molecular weight excluding hydrogens is 471 g/mol. The van der Waals surface area contributed by atoms with Gasteiger partial charge in [-0.25, -0.2) is 4.99 Å². The highest BCUT2D eigenvalue weighted by Gasteiger charge is 2.18. The summed E-state index contributed by atoms with van der Waals surface area (Å²) in [5.74, 6) is 1.36. The number of aliphatic imine (C=N–C) groups is 1. The second-order valence-electron chi connectivity index (χ2n) is 7.15. The molecule has 0 aliphatic carbocycles. The van der Waals surface area contributed by atoms with E-state index in [9.17, 15) is 0 Å². The Morgan fingerprint density at radius 1 is 1.29 bits per heavy atom. The van der Waals surface area contributed by atoms with Crippen molar-refractivity contribution in [1.82, 2.24) is 10.2 Å². The Morgan fingerprint density at radius 3 is 2.86 bits per heavy atom. The van der Waals surface area contributed by atoms with E-state index in [1.165, 1.54) is 5.56 Å². The van der Waals surface area contributed by atoms with Crippen LogP contribution in [0.2, 0.25) is 0 Å². The molecule has 1 aromatic carbocycles. The normalized spacial score (nSPS) is 20.6. The number of nitrogens with one attached hydrogen (secondary N) is 1. The highest BCUT2D eigenvalue weighted by atomic mass is 127. The zero-order chi connectivity index (χ0) is 18.9. The van der Waals surface area contributed by atoms with E-state index in [2.05, 4.69) is 40.3 Å². The van der Waals surface area contributed by atoms with Crippen LogP contribution in [0.25, 0.3) is 0 Å². The van der Waals surface area contributed by atoms with Gasteiger partial charge in [-0.05, 0) is 31.5 Å². The minimum atomic E-state index is 0. The molecule has 0 radical (unpaired) electrons. The summed E-state index contributed by atoms with van der Waals surface area (Å²) in [5, 5.41) is 3.21. The number of hydrogen-bond donors (Lipinski definition) is 2. The maximum absolute atomic E-state index is 6.11. The van der Waals surface area contributed by atoms with Gasteiger partial charge in [-0.15, -0.1) is 24.0 Å². The molecule has 7 nitrogen and oxygen atoms in total. The van der Waals surface area contributed by atoms with Gasteiger partial charge in [0.25, 0.3) is 0 Å². The molecule has 0 amide bonds. The molecule has 158 valence electrons. The van der Waals surface area contributed by atoms with Crippen molar-refractivity contribution in [3.63, 3.8) is 0 Å². The van der Waals surface area contributed by atoms with E-state index in [1.807, 2.05) is 0 Å². The van der Waals surface area contributed by atoms with Gasteiger partial charge in [0.05, 0.1) is 33.0 Å². The number of rotatable bonds is 8. The summed E-state index contributed by atoms with van der Waals surface area (Å²) in [5.41, 5.74) is 8.25. The Kier molecular flexibility index (Phi) is 10.3. The minimum absolute atomic E-state index is 0. The first kappa shape index (κ1) is 23.2. The third-order valence-electron chi connectivity index (χ3n) is 4.88. The van der Waals surface area contributed by atoms with Crippen LogP contribution in [0, 0.1) is 6.92 Å². The van der Waals surface area contributed by atoms with Gasteiger partial charge in [0.15, 0.2) is 5.96 Å². The van der Waals surface area contributed by atoms with Gasteiger partial charge in [0.1, 0.15) is 11.9 Å². The summed E-state index contributed by atoms with van der Waals surface area (Å²) >= 11 is 0. The first-order chi connectivity index (χ1) is 13.2. The lowest BCUT2D eigenvalue weighted by Crippen LogP contribution is -2.39. The van der Waals surface area contributed by atoms with Gasteiger partial charge in [0.2, 0.25) is 0 Å². The number of halogens is 1. The Balaban J connectivity index is 0.00000280. The molecule has 28 heavy (non-hydrogen) atoms. The molecule has 2 fully saturated rings. The first-order valence-electron chi connectivity index (χ1n) is 9.88. The molecule has 2 heterocycles. The molecule has 2 saturated heterocycles. The fourth-order valence-electron chi connectivity index (χ4n) is 3.26. The van der Waals surface area contributed by atoms with E-state index in [-0.39, 0.29) is 30.1 Å². The molecule has 3 rings (SSSR count). The average Bonchev–Trinajstić information content (AvgIpc) is 3.18. The summed E-state index contributed by atoms with van der Waals surface area (Å²) < 4.78 is 16.9. The van der Waals surface area contributed by atoms with Crippen LogP contribution in [0.5, 0.6) is 5.75 Å². The number of morpholine rings is 1. The second kappa shape index (κ2) is 12.5. The molecule has 1 unspecified atom stereocenters. The molecule has 2 aliphatic rings. The smallest absolute Gasteiger partial charge is 0.188 e. The summed E-state index contributed by atoms with van der Waals surface area (Å²) in [7, 11) is 0. The van der Waals surface area contributed by atoms with Crippen LogP contribution in [0.4, 0.5) is 0 Å². The van der Waals surface area contributed by atoms with Gasteiger partial charge >= 0.3 is 0 Å². The van der Waals surface area contributed by atoms with Gasteiger partial charge < -0.3 is 25.3 Å². The highest BCUT2D eigenvalue weighted by molar-refractivity contribution is 14.0. The van der Waals surface area contributed by atoms with Gasteiger partial charge in [-0.3, -0.25) is 4.90 Å². The molecular formula is C20H33IN4O3. The van der Waals surface area contributed by atoms with Crippen LogP contribution in [-0.4, -0.2) is 69.6 Å². The lowest BCUT2D eigenvalue weighted by atomic mass is 10.1. The van der Waals surface area contributed by atoms with Crippen LogP contribution in [0.3, 0.4) is 0 Å². The number of nitrogens with two attached hydrogens (primary N) is 1. The van der Waals surface area contributed by atoms with Gasteiger partial charge in [0, 0.05) is 31.6 Å². The molecule has 3 N–H and O–H groups in total. The van der Waals surface area contributed by atoms with Crippen LogP contribution in [0.1, 0.15) is 24.0 Å². The van der Waals surface area contributed by atoms with E-state index in [4.69, 9.17) is 19.9 Å². The molecule has 0 saturated carbocycles. The molecule has 2 aliphatic heterocycles. The highest BCUT2D eigenvalue weighted by Crippen LogP contribution is 2.24. The minimum Gasteiger partial charge on any atom is -0.488 e. The van der Waals surface area contributed by atoms with Crippen LogP contribution in [-0.2, 0) is 16.0 Å². The topological polar surface area (TPSA) is 81.3 Å². The first-order valence-corrected chi connectivity index (χ1v) is 9.88. The maximum Gasteiger partial charge on any atom is 0.188 e. The number of ether oxygens (including phenoxy) is 3. The maximum atomic E-state index is 6.11. The average molecular weight is 504 g/mol. The Labute approximate surface area is 185 Å². The molecule has 1 aromatic rings. The van der Waals surface area contributed by atoms with E-state index in [0.29, 0.717) is 19.1 Å². The molecule has 0 spiro atoms. The van der Waals surface area contributed by atoms with Crippen LogP contribution >= 0.6 is 24.0 Å². The van der Waals surface area contributed by atoms with Crippen molar-refractivity contribution >= 4 is 29.9 Å². The number of guanidine groups is 1. The summed E-state index contributed by atoms with van der Waals surface area (Å²) in [6.45, 7) is 9.59. The van der Waals surface area contributed by atoms with Crippen molar-refractivity contribution in [3.8, 4) is 5.75 Å². The van der Waals surface area contributed by atoms with E-state index < -0.39 is 0 Å². The van der Waals surface area contributed by atoms with Crippen LogP contribution in [0.15, 0.2) is 23.2 Å². The molecule has 0 aromatic heterocycles. The standard InChI is InChI=1S/C20H32N4O3.HI/c1-16-3-4-17(19(13-16)27-18-5-10-26-15-18)14-23-20(21)22-6-2-7-24-8-11-25-12-9-24;/h3-4,13,18H,2,5-12,14-15H2,1H3,(H3,21,22,23);1H. The number of benzene rings is 1. The molecule has 0 bridgehead atoms. The zero-order valence-electron chi connectivity index (χ0n) is 16.7.